The van der Waals surface area contributed by atoms with Crippen molar-refractivity contribution in [3.63, 3.8) is 0 Å². The summed E-state index contributed by atoms with van der Waals surface area (Å²) in [6.45, 7) is 7.34. The summed E-state index contributed by atoms with van der Waals surface area (Å²) in [5.74, 6) is -0.0124. The van der Waals surface area contributed by atoms with Gasteiger partial charge in [-0.1, -0.05) is 27.2 Å². The summed E-state index contributed by atoms with van der Waals surface area (Å²) in [4.78, 5) is 24.5. The lowest BCUT2D eigenvalue weighted by Gasteiger charge is -2.65. The molecule has 4 aliphatic rings. The van der Waals surface area contributed by atoms with Gasteiger partial charge in [0, 0.05) is 11.3 Å². The van der Waals surface area contributed by atoms with Crippen molar-refractivity contribution >= 4 is 12.3 Å². The van der Waals surface area contributed by atoms with Crippen LogP contribution in [0.1, 0.15) is 65.7 Å². The lowest BCUT2D eigenvalue weighted by atomic mass is 9.38. The van der Waals surface area contributed by atoms with Gasteiger partial charge in [-0.05, 0) is 61.2 Å². The molecule has 6 atom stereocenters. The lowest BCUT2D eigenvalue weighted by Crippen LogP contribution is -2.65. The third-order valence-corrected chi connectivity index (χ3v) is 8.58. The Balaban J connectivity index is 1.79. The average molecular weight is 334 g/mol. The molecular weight excluding hydrogens is 304 g/mol. The fourth-order valence-electron chi connectivity index (χ4n) is 7.53. The van der Waals surface area contributed by atoms with E-state index in [1.54, 1.807) is 0 Å². The number of hydrogen-bond donors (Lipinski definition) is 1. The topological polar surface area (TPSA) is 63.6 Å². The van der Waals surface area contributed by atoms with Gasteiger partial charge in [0.2, 0.25) is 0 Å². The Morgan fingerprint density at radius 3 is 2.46 bits per heavy atom. The minimum atomic E-state index is -1.44. The number of esters is 1. The van der Waals surface area contributed by atoms with Crippen LogP contribution in [0.4, 0.5) is 0 Å². The summed E-state index contributed by atoms with van der Waals surface area (Å²) in [7, 11) is 0. The van der Waals surface area contributed by atoms with E-state index in [0.29, 0.717) is 17.8 Å². The van der Waals surface area contributed by atoms with E-state index in [-0.39, 0.29) is 23.9 Å². The average Bonchev–Trinajstić information content (AvgIpc) is 2.82. The number of carbonyl (C=O) groups excluding carboxylic acids is 2. The number of cyclic esters (lactones) is 1. The van der Waals surface area contributed by atoms with E-state index in [1.807, 2.05) is 0 Å². The molecule has 0 aromatic carbocycles. The Labute approximate surface area is 144 Å². The molecule has 4 rings (SSSR count). The monoisotopic (exact) mass is 334 g/mol. The second-order valence-electron chi connectivity index (χ2n) is 9.84. The Kier molecular flexibility index (Phi) is 3.34. The van der Waals surface area contributed by atoms with E-state index in [4.69, 9.17) is 4.74 Å². The quantitative estimate of drug-likeness (QED) is 0.591. The molecule has 0 aromatic rings. The second-order valence-corrected chi connectivity index (χ2v) is 9.84. The van der Waals surface area contributed by atoms with Crippen LogP contribution in [0.15, 0.2) is 0 Å². The van der Waals surface area contributed by atoms with Crippen LogP contribution in [-0.2, 0) is 14.3 Å². The SMILES string of the molecule is CC1(C)CCC[C@]2(C)C3CC[C@@]4(O)C(=O)OC[C@H]4[C@]3(C=O)CC[C@@H]12. The van der Waals surface area contributed by atoms with Gasteiger partial charge in [0.15, 0.2) is 5.60 Å². The normalized spacial score (nSPS) is 52.7. The minimum absolute atomic E-state index is 0.119. The van der Waals surface area contributed by atoms with E-state index in [9.17, 15) is 14.7 Å². The van der Waals surface area contributed by atoms with Crippen molar-refractivity contribution in [2.75, 3.05) is 6.61 Å². The van der Waals surface area contributed by atoms with E-state index in [1.165, 1.54) is 12.8 Å². The molecule has 0 amide bonds. The molecule has 1 aliphatic heterocycles. The largest absolute Gasteiger partial charge is 0.463 e. The molecule has 4 fully saturated rings. The molecule has 3 aliphatic carbocycles. The molecule has 0 aromatic heterocycles. The number of aldehydes is 1. The first-order chi connectivity index (χ1) is 11.2. The highest BCUT2D eigenvalue weighted by molar-refractivity contribution is 5.83. The van der Waals surface area contributed by atoms with Crippen LogP contribution in [0.25, 0.3) is 0 Å². The third-order valence-electron chi connectivity index (χ3n) is 8.58. The summed E-state index contributed by atoms with van der Waals surface area (Å²) in [6, 6.07) is 0. The van der Waals surface area contributed by atoms with Gasteiger partial charge in [-0.3, -0.25) is 0 Å². The molecule has 24 heavy (non-hydrogen) atoms. The summed E-state index contributed by atoms with van der Waals surface area (Å²) >= 11 is 0. The van der Waals surface area contributed by atoms with Crippen molar-refractivity contribution in [1.82, 2.24) is 0 Å². The maximum atomic E-state index is 12.4. The minimum Gasteiger partial charge on any atom is -0.463 e. The first-order valence-electron chi connectivity index (χ1n) is 9.57. The zero-order valence-electron chi connectivity index (χ0n) is 15.1. The molecule has 4 heteroatoms. The zero-order chi connectivity index (χ0) is 17.4. The molecule has 0 spiro atoms. The maximum Gasteiger partial charge on any atom is 0.338 e. The van der Waals surface area contributed by atoms with Crippen molar-refractivity contribution in [3.8, 4) is 0 Å². The Morgan fingerprint density at radius 1 is 1.04 bits per heavy atom. The van der Waals surface area contributed by atoms with Crippen LogP contribution in [0.5, 0.6) is 0 Å². The van der Waals surface area contributed by atoms with Crippen LogP contribution in [0.2, 0.25) is 0 Å². The van der Waals surface area contributed by atoms with Crippen LogP contribution in [0.3, 0.4) is 0 Å². The van der Waals surface area contributed by atoms with E-state index >= 15 is 0 Å². The van der Waals surface area contributed by atoms with Crippen LogP contribution < -0.4 is 0 Å². The molecule has 4 nitrogen and oxygen atoms in total. The zero-order valence-corrected chi connectivity index (χ0v) is 15.1. The number of ether oxygens (including phenoxy) is 1. The third kappa shape index (κ3) is 1.79. The molecule has 1 saturated heterocycles. The molecule has 1 heterocycles. The fourth-order valence-corrected chi connectivity index (χ4v) is 7.53. The van der Waals surface area contributed by atoms with Gasteiger partial charge >= 0.3 is 5.97 Å². The molecule has 1 unspecified atom stereocenters. The predicted molar refractivity (Wildman–Crippen MR) is 89.1 cm³/mol. The standard InChI is InChI=1S/C20H30O4/c1-17(2)7-4-8-18(3)13(17)5-9-19(12-21)14(18)6-10-20(23)15(19)11-24-16(20)22/h12-15,23H,4-11H2,1-3H3/t13-,14?,15-,18-,19-,20-/m0/s1. The fraction of sp³-hybridized carbons (Fsp3) is 0.900. The van der Waals surface area contributed by atoms with Gasteiger partial charge in [0.05, 0.1) is 6.61 Å². The number of fused-ring (bicyclic) bond motifs is 5. The molecule has 1 N–H and O–H groups in total. The van der Waals surface area contributed by atoms with Crippen molar-refractivity contribution in [2.45, 2.75) is 71.3 Å². The highest BCUT2D eigenvalue weighted by Crippen LogP contribution is 2.69. The predicted octanol–water partition coefficient (Wildman–Crippen LogP) is 3.11. The van der Waals surface area contributed by atoms with Gasteiger partial charge in [-0.2, -0.15) is 0 Å². The van der Waals surface area contributed by atoms with Crippen LogP contribution >= 0.6 is 0 Å². The Morgan fingerprint density at radius 2 is 1.75 bits per heavy atom. The van der Waals surface area contributed by atoms with E-state index in [0.717, 1.165) is 32.0 Å². The first kappa shape index (κ1) is 16.6. The number of rotatable bonds is 1. The van der Waals surface area contributed by atoms with Gasteiger partial charge < -0.3 is 14.6 Å². The molecule has 0 bridgehead atoms. The second kappa shape index (κ2) is 4.84. The van der Waals surface area contributed by atoms with Crippen molar-refractivity contribution in [1.29, 1.82) is 0 Å². The highest BCUT2D eigenvalue weighted by atomic mass is 16.6. The summed E-state index contributed by atoms with van der Waals surface area (Å²) < 4.78 is 5.24. The van der Waals surface area contributed by atoms with Gasteiger partial charge in [-0.15, -0.1) is 0 Å². The lowest BCUT2D eigenvalue weighted by molar-refractivity contribution is -0.202. The van der Waals surface area contributed by atoms with Crippen molar-refractivity contribution in [3.05, 3.63) is 0 Å². The molecule has 3 saturated carbocycles. The number of carbonyl (C=O) groups is 2. The summed E-state index contributed by atoms with van der Waals surface area (Å²) in [5.41, 5.74) is -1.62. The molecule has 134 valence electrons. The van der Waals surface area contributed by atoms with Gasteiger partial charge in [-0.25, -0.2) is 4.79 Å². The van der Waals surface area contributed by atoms with Crippen molar-refractivity contribution in [2.24, 2.45) is 34.0 Å². The van der Waals surface area contributed by atoms with Crippen LogP contribution in [-0.4, -0.2) is 29.6 Å². The van der Waals surface area contributed by atoms with Crippen molar-refractivity contribution < 1.29 is 19.4 Å². The van der Waals surface area contributed by atoms with E-state index < -0.39 is 17.0 Å². The molecular formula is C20H30O4. The number of aliphatic hydroxyl groups is 1. The number of hydrogen-bond acceptors (Lipinski definition) is 4. The molecule has 0 radical (unpaired) electrons. The smallest absolute Gasteiger partial charge is 0.338 e. The Bertz CT molecular complexity index is 584. The van der Waals surface area contributed by atoms with Crippen LogP contribution in [0, 0.1) is 34.0 Å². The summed E-state index contributed by atoms with van der Waals surface area (Å²) in [5, 5.41) is 11.0. The van der Waals surface area contributed by atoms with Gasteiger partial charge in [0.25, 0.3) is 0 Å². The first-order valence-corrected chi connectivity index (χ1v) is 9.57. The Hall–Kier alpha value is -0.900. The van der Waals surface area contributed by atoms with Gasteiger partial charge in [0.1, 0.15) is 6.29 Å². The maximum absolute atomic E-state index is 12.4. The highest BCUT2D eigenvalue weighted by Gasteiger charge is 2.70. The van der Waals surface area contributed by atoms with E-state index in [2.05, 4.69) is 20.8 Å². The summed E-state index contributed by atoms with van der Waals surface area (Å²) in [6.07, 6.45) is 7.70.